The first-order valence-corrected chi connectivity index (χ1v) is 6.80. The Hall–Kier alpha value is -1.66. The Morgan fingerprint density at radius 2 is 2.35 bits per heavy atom. The molecule has 0 bridgehead atoms. The molecular weight excluding hydrogens is 258 g/mol. The zero-order valence-corrected chi connectivity index (χ0v) is 11.9. The highest BCUT2D eigenvalue weighted by Crippen LogP contribution is 2.18. The predicted octanol–water partition coefficient (Wildman–Crippen LogP) is 0.621. The minimum Gasteiger partial charge on any atom is -0.394 e. The van der Waals surface area contributed by atoms with E-state index in [1.807, 2.05) is 13.8 Å². The lowest BCUT2D eigenvalue weighted by Gasteiger charge is -2.32. The second kappa shape index (κ2) is 6.19. The molecule has 0 saturated carbocycles. The van der Waals surface area contributed by atoms with Crippen LogP contribution >= 0.6 is 0 Å². The molecule has 1 amide bonds. The fourth-order valence-corrected chi connectivity index (χ4v) is 2.19. The number of ether oxygens (including phenoxy) is 1. The van der Waals surface area contributed by atoms with Crippen molar-refractivity contribution in [2.75, 3.05) is 32.0 Å². The van der Waals surface area contributed by atoms with Gasteiger partial charge in [0.25, 0.3) is 5.91 Å². The molecule has 3 N–H and O–H groups in total. The highest BCUT2D eigenvalue weighted by Gasteiger charge is 2.25. The van der Waals surface area contributed by atoms with Gasteiger partial charge in [0, 0.05) is 24.3 Å². The fourth-order valence-electron chi connectivity index (χ4n) is 2.19. The SMILES string of the molecule is CC(C)c1cc(C(=O)N2CCOC(CO)C2)cc(N)n1. The third-order valence-corrected chi connectivity index (χ3v) is 3.33. The van der Waals surface area contributed by atoms with Crippen molar-refractivity contribution in [3.8, 4) is 0 Å². The zero-order chi connectivity index (χ0) is 14.7. The van der Waals surface area contributed by atoms with E-state index in [0.29, 0.717) is 31.1 Å². The van der Waals surface area contributed by atoms with Gasteiger partial charge in [0.2, 0.25) is 0 Å². The highest BCUT2D eigenvalue weighted by atomic mass is 16.5. The first kappa shape index (κ1) is 14.7. The first-order valence-electron chi connectivity index (χ1n) is 6.80. The van der Waals surface area contributed by atoms with E-state index in [9.17, 15) is 4.79 Å². The highest BCUT2D eigenvalue weighted by molar-refractivity contribution is 5.95. The molecule has 1 atom stereocenters. The number of aliphatic hydroxyl groups is 1. The molecule has 1 saturated heterocycles. The van der Waals surface area contributed by atoms with E-state index in [1.165, 1.54) is 0 Å². The third-order valence-electron chi connectivity index (χ3n) is 3.33. The van der Waals surface area contributed by atoms with Gasteiger partial charge < -0.3 is 20.5 Å². The van der Waals surface area contributed by atoms with Crippen LogP contribution in [0.4, 0.5) is 5.82 Å². The molecule has 0 radical (unpaired) electrons. The summed E-state index contributed by atoms with van der Waals surface area (Å²) in [4.78, 5) is 18.4. The van der Waals surface area contributed by atoms with Crippen LogP contribution in [0.25, 0.3) is 0 Å². The summed E-state index contributed by atoms with van der Waals surface area (Å²) in [5.41, 5.74) is 7.12. The largest absolute Gasteiger partial charge is 0.394 e. The average molecular weight is 279 g/mol. The number of anilines is 1. The molecule has 1 aromatic heterocycles. The number of nitrogens with two attached hydrogens (primary N) is 1. The summed E-state index contributed by atoms with van der Waals surface area (Å²) in [6, 6.07) is 3.38. The number of rotatable bonds is 3. The van der Waals surface area contributed by atoms with Gasteiger partial charge in [0.1, 0.15) is 5.82 Å². The number of nitrogen functional groups attached to an aromatic ring is 1. The van der Waals surface area contributed by atoms with Gasteiger partial charge in [-0.25, -0.2) is 4.98 Å². The van der Waals surface area contributed by atoms with Crippen molar-refractivity contribution in [2.24, 2.45) is 0 Å². The summed E-state index contributed by atoms with van der Waals surface area (Å²) in [7, 11) is 0. The maximum absolute atomic E-state index is 12.5. The summed E-state index contributed by atoms with van der Waals surface area (Å²) < 4.78 is 5.35. The van der Waals surface area contributed by atoms with Gasteiger partial charge in [0.05, 0.1) is 19.3 Å². The van der Waals surface area contributed by atoms with E-state index in [4.69, 9.17) is 15.6 Å². The Morgan fingerprint density at radius 3 is 3.00 bits per heavy atom. The molecule has 1 aliphatic rings. The number of aromatic nitrogens is 1. The number of hydrogen-bond acceptors (Lipinski definition) is 5. The van der Waals surface area contributed by atoms with E-state index in [0.717, 1.165) is 5.69 Å². The van der Waals surface area contributed by atoms with E-state index < -0.39 is 0 Å². The lowest BCUT2D eigenvalue weighted by atomic mass is 10.1. The van der Waals surface area contributed by atoms with Crippen LogP contribution in [-0.2, 0) is 4.74 Å². The van der Waals surface area contributed by atoms with E-state index in [-0.39, 0.29) is 24.5 Å². The molecule has 0 aromatic carbocycles. The van der Waals surface area contributed by atoms with E-state index in [2.05, 4.69) is 4.98 Å². The quantitative estimate of drug-likeness (QED) is 0.846. The van der Waals surface area contributed by atoms with Crippen molar-refractivity contribution in [3.05, 3.63) is 23.4 Å². The number of morpholine rings is 1. The average Bonchev–Trinajstić information content (AvgIpc) is 2.45. The van der Waals surface area contributed by atoms with Gasteiger partial charge in [0.15, 0.2) is 0 Å². The van der Waals surface area contributed by atoms with Crippen LogP contribution in [0.1, 0.15) is 35.8 Å². The Kier molecular flexibility index (Phi) is 4.57. The van der Waals surface area contributed by atoms with Crippen LogP contribution in [0, 0.1) is 0 Å². The van der Waals surface area contributed by atoms with Crippen LogP contribution in [0.5, 0.6) is 0 Å². The fraction of sp³-hybridized carbons (Fsp3) is 0.571. The molecule has 1 unspecified atom stereocenters. The lowest BCUT2D eigenvalue weighted by Crippen LogP contribution is -2.46. The number of aliphatic hydroxyl groups excluding tert-OH is 1. The van der Waals surface area contributed by atoms with Gasteiger partial charge in [-0.3, -0.25) is 4.79 Å². The van der Waals surface area contributed by atoms with Crippen molar-refractivity contribution >= 4 is 11.7 Å². The standard InChI is InChI=1S/C14H21N3O3/c1-9(2)12-5-10(6-13(15)16-12)14(19)17-3-4-20-11(7-17)8-18/h5-6,9,11,18H,3-4,7-8H2,1-2H3,(H2,15,16). The van der Waals surface area contributed by atoms with Crippen molar-refractivity contribution < 1.29 is 14.6 Å². The Balaban J connectivity index is 2.20. The van der Waals surface area contributed by atoms with Crippen LogP contribution < -0.4 is 5.73 Å². The number of hydrogen-bond donors (Lipinski definition) is 2. The third kappa shape index (κ3) is 3.26. The number of nitrogens with zero attached hydrogens (tertiary/aromatic N) is 2. The number of carbonyl (C=O) groups is 1. The molecule has 0 aliphatic carbocycles. The second-order valence-electron chi connectivity index (χ2n) is 5.29. The molecule has 1 aliphatic heterocycles. The summed E-state index contributed by atoms with van der Waals surface area (Å²) in [6.45, 7) is 5.29. The molecule has 1 aromatic rings. The van der Waals surface area contributed by atoms with Crippen molar-refractivity contribution in [1.29, 1.82) is 0 Å². The van der Waals surface area contributed by atoms with Gasteiger partial charge in [-0.05, 0) is 18.1 Å². The number of amides is 1. The van der Waals surface area contributed by atoms with Gasteiger partial charge in [-0.2, -0.15) is 0 Å². The topological polar surface area (TPSA) is 88.7 Å². The van der Waals surface area contributed by atoms with Crippen LogP contribution in [-0.4, -0.2) is 53.3 Å². The minimum absolute atomic E-state index is 0.0838. The molecule has 6 heteroatoms. The zero-order valence-electron chi connectivity index (χ0n) is 11.9. The molecule has 0 spiro atoms. The van der Waals surface area contributed by atoms with Crippen molar-refractivity contribution in [3.63, 3.8) is 0 Å². The Labute approximate surface area is 118 Å². The minimum atomic E-state index is -0.309. The van der Waals surface area contributed by atoms with E-state index in [1.54, 1.807) is 17.0 Å². The van der Waals surface area contributed by atoms with Gasteiger partial charge in [-0.15, -0.1) is 0 Å². The molecule has 6 nitrogen and oxygen atoms in total. The van der Waals surface area contributed by atoms with E-state index >= 15 is 0 Å². The van der Waals surface area contributed by atoms with Crippen LogP contribution in [0.2, 0.25) is 0 Å². The molecule has 2 heterocycles. The number of carbonyl (C=O) groups excluding carboxylic acids is 1. The molecule has 20 heavy (non-hydrogen) atoms. The summed E-state index contributed by atoms with van der Waals surface area (Å²) in [5, 5.41) is 9.13. The van der Waals surface area contributed by atoms with Gasteiger partial charge >= 0.3 is 0 Å². The lowest BCUT2D eigenvalue weighted by molar-refractivity contribution is -0.0447. The summed E-state index contributed by atoms with van der Waals surface area (Å²) >= 11 is 0. The molecule has 110 valence electrons. The normalized spacial score (nSPS) is 19.4. The van der Waals surface area contributed by atoms with Crippen molar-refractivity contribution in [1.82, 2.24) is 9.88 Å². The maximum atomic E-state index is 12.5. The van der Waals surface area contributed by atoms with Gasteiger partial charge in [-0.1, -0.05) is 13.8 Å². The summed E-state index contributed by atoms with van der Waals surface area (Å²) in [5.74, 6) is 0.467. The predicted molar refractivity (Wildman–Crippen MR) is 75.5 cm³/mol. The maximum Gasteiger partial charge on any atom is 0.254 e. The van der Waals surface area contributed by atoms with Crippen LogP contribution in [0.15, 0.2) is 12.1 Å². The Morgan fingerprint density at radius 1 is 1.60 bits per heavy atom. The summed E-state index contributed by atoms with van der Waals surface area (Å²) in [6.07, 6.45) is -0.309. The Bertz CT molecular complexity index is 491. The molecule has 1 fully saturated rings. The molecule has 2 rings (SSSR count). The van der Waals surface area contributed by atoms with Crippen LogP contribution in [0.3, 0.4) is 0 Å². The monoisotopic (exact) mass is 279 g/mol. The second-order valence-corrected chi connectivity index (χ2v) is 5.29. The smallest absolute Gasteiger partial charge is 0.254 e. The number of pyridine rings is 1. The molecular formula is C14H21N3O3. The first-order chi connectivity index (χ1) is 9.51. The van der Waals surface area contributed by atoms with Crippen molar-refractivity contribution in [2.45, 2.75) is 25.9 Å².